The van der Waals surface area contributed by atoms with Crippen molar-refractivity contribution in [1.29, 1.82) is 5.26 Å². The van der Waals surface area contributed by atoms with Crippen molar-refractivity contribution in [2.24, 2.45) is 0 Å². The first-order chi connectivity index (χ1) is 8.01. The molecule has 17 heavy (non-hydrogen) atoms. The lowest BCUT2D eigenvalue weighted by molar-refractivity contribution is -0.156. The number of esters is 1. The number of ether oxygens (including phenoxy) is 1. The van der Waals surface area contributed by atoms with Crippen LogP contribution in [0.15, 0.2) is 18.2 Å². The number of hydrogen-bond donors (Lipinski definition) is 3. The molecular formula is C11H12N2O4. The predicted molar refractivity (Wildman–Crippen MR) is 58.6 cm³/mol. The van der Waals surface area contributed by atoms with Crippen LogP contribution in [0.1, 0.15) is 17.2 Å². The zero-order chi connectivity index (χ0) is 13.0. The molecule has 0 aliphatic heterocycles. The molecule has 2 atom stereocenters. The molecule has 0 heterocycles. The number of nitrogens with two attached hydrogens (primary N) is 1. The van der Waals surface area contributed by atoms with Crippen molar-refractivity contribution >= 4 is 11.7 Å². The highest BCUT2D eigenvalue weighted by Gasteiger charge is 2.26. The molecule has 0 aromatic heterocycles. The summed E-state index contributed by atoms with van der Waals surface area (Å²) in [6, 6.07) is 6.00. The van der Waals surface area contributed by atoms with E-state index in [1.165, 1.54) is 18.2 Å². The smallest absolute Gasteiger partial charge is 0.337 e. The van der Waals surface area contributed by atoms with E-state index in [2.05, 4.69) is 4.74 Å². The van der Waals surface area contributed by atoms with Crippen molar-refractivity contribution in [2.45, 2.75) is 12.2 Å². The zero-order valence-electron chi connectivity index (χ0n) is 9.12. The maximum Gasteiger partial charge on any atom is 0.337 e. The average molecular weight is 236 g/mol. The number of aliphatic hydroxyl groups is 2. The van der Waals surface area contributed by atoms with Gasteiger partial charge in [0.15, 0.2) is 6.10 Å². The van der Waals surface area contributed by atoms with Gasteiger partial charge in [-0.25, -0.2) is 4.79 Å². The van der Waals surface area contributed by atoms with Crippen LogP contribution in [0, 0.1) is 11.3 Å². The van der Waals surface area contributed by atoms with Gasteiger partial charge in [-0.05, 0) is 17.7 Å². The minimum Gasteiger partial charge on any atom is -0.467 e. The molecule has 6 nitrogen and oxygen atoms in total. The molecule has 0 fully saturated rings. The molecule has 0 radical (unpaired) electrons. The third-order valence-corrected chi connectivity index (χ3v) is 2.28. The molecule has 6 heteroatoms. The lowest BCUT2D eigenvalue weighted by atomic mass is 10.0. The summed E-state index contributed by atoms with van der Waals surface area (Å²) < 4.78 is 4.30. The van der Waals surface area contributed by atoms with Crippen molar-refractivity contribution in [3.8, 4) is 6.07 Å². The second kappa shape index (κ2) is 5.30. The topological polar surface area (TPSA) is 117 Å². The van der Waals surface area contributed by atoms with Crippen molar-refractivity contribution in [3.05, 3.63) is 29.3 Å². The van der Waals surface area contributed by atoms with Crippen molar-refractivity contribution < 1.29 is 19.7 Å². The number of carbonyl (C=O) groups excluding carboxylic acids is 1. The van der Waals surface area contributed by atoms with E-state index < -0.39 is 18.2 Å². The van der Waals surface area contributed by atoms with Crippen molar-refractivity contribution in [1.82, 2.24) is 0 Å². The van der Waals surface area contributed by atoms with Crippen molar-refractivity contribution in [3.63, 3.8) is 0 Å². The molecule has 0 aliphatic carbocycles. The highest BCUT2D eigenvalue weighted by Crippen LogP contribution is 2.22. The lowest BCUT2D eigenvalue weighted by Gasteiger charge is -2.16. The van der Waals surface area contributed by atoms with Crippen LogP contribution in [-0.2, 0) is 9.53 Å². The van der Waals surface area contributed by atoms with Gasteiger partial charge in [-0.2, -0.15) is 5.26 Å². The highest BCUT2D eigenvalue weighted by atomic mass is 16.5. The normalized spacial score (nSPS) is 13.5. The van der Waals surface area contributed by atoms with Crippen LogP contribution >= 0.6 is 0 Å². The summed E-state index contributed by atoms with van der Waals surface area (Å²) in [5.41, 5.74) is 6.21. The second-order valence-electron chi connectivity index (χ2n) is 3.37. The Morgan fingerprint density at radius 2 is 2.18 bits per heavy atom. The van der Waals surface area contributed by atoms with Gasteiger partial charge in [-0.1, -0.05) is 6.07 Å². The minimum atomic E-state index is -1.69. The van der Waals surface area contributed by atoms with Gasteiger partial charge >= 0.3 is 5.97 Å². The number of nitrogen functional groups attached to an aromatic ring is 1. The number of carbonyl (C=O) groups is 1. The van der Waals surface area contributed by atoms with Crippen molar-refractivity contribution in [2.75, 3.05) is 12.8 Å². The van der Waals surface area contributed by atoms with Crippen LogP contribution in [0.3, 0.4) is 0 Å². The number of hydrogen-bond acceptors (Lipinski definition) is 6. The van der Waals surface area contributed by atoms with E-state index in [0.29, 0.717) is 0 Å². The fourth-order valence-electron chi connectivity index (χ4n) is 1.30. The number of methoxy groups -OCH3 is 1. The molecule has 0 amide bonds. The monoisotopic (exact) mass is 236 g/mol. The molecule has 0 saturated heterocycles. The maximum absolute atomic E-state index is 11.0. The summed E-state index contributed by atoms with van der Waals surface area (Å²) >= 11 is 0. The van der Waals surface area contributed by atoms with Gasteiger partial charge in [0.2, 0.25) is 0 Å². The van der Waals surface area contributed by atoms with Crippen LogP contribution in [0.4, 0.5) is 5.69 Å². The molecule has 1 rings (SSSR count). The van der Waals surface area contributed by atoms with Gasteiger partial charge < -0.3 is 20.7 Å². The van der Waals surface area contributed by atoms with E-state index in [1.54, 1.807) is 0 Å². The molecule has 4 N–H and O–H groups in total. The largest absolute Gasteiger partial charge is 0.467 e. The van der Waals surface area contributed by atoms with Crippen LogP contribution in [-0.4, -0.2) is 29.4 Å². The lowest BCUT2D eigenvalue weighted by Crippen LogP contribution is -2.29. The number of benzene rings is 1. The summed E-state index contributed by atoms with van der Waals surface area (Å²) in [4.78, 5) is 11.0. The van der Waals surface area contributed by atoms with Gasteiger partial charge in [0.1, 0.15) is 12.2 Å². The maximum atomic E-state index is 11.0. The fraction of sp³-hybridized carbons (Fsp3) is 0.273. The third-order valence-electron chi connectivity index (χ3n) is 2.28. The Morgan fingerprint density at radius 3 is 2.65 bits per heavy atom. The Morgan fingerprint density at radius 1 is 1.53 bits per heavy atom. The zero-order valence-corrected chi connectivity index (χ0v) is 9.12. The van der Waals surface area contributed by atoms with Gasteiger partial charge in [0.05, 0.1) is 12.7 Å². The highest BCUT2D eigenvalue weighted by molar-refractivity contribution is 5.75. The Labute approximate surface area is 97.9 Å². The quantitative estimate of drug-likeness (QED) is 0.490. The number of nitrogens with zero attached hydrogens (tertiary/aromatic N) is 1. The Bertz CT molecular complexity index is 467. The number of rotatable bonds is 3. The van der Waals surface area contributed by atoms with Crippen LogP contribution in [0.2, 0.25) is 0 Å². The van der Waals surface area contributed by atoms with Gasteiger partial charge in [-0.15, -0.1) is 0 Å². The molecule has 0 saturated carbocycles. The third kappa shape index (κ3) is 2.72. The summed E-state index contributed by atoms with van der Waals surface area (Å²) in [6.45, 7) is 0. The average Bonchev–Trinajstić information content (AvgIpc) is 2.35. The Kier molecular flexibility index (Phi) is 4.04. The summed E-state index contributed by atoms with van der Waals surface area (Å²) in [7, 11) is 1.10. The number of anilines is 1. The van der Waals surface area contributed by atoms with E-state index in [0.717, 1.165) is 7.11 Å². The fourth-order valence-corrected chi connectivity index (χ4v) is 1.30. The van der Waals surface area contributed by atoms with Gasteiger partial charge in [-0.3, -0.25) is 0 Å². The van der Waals surface area contributed by atoms with E-state index in [9.17, 15) is 15.0 Å². The molecule has 1 aromatic carbocycles. The van der Waals surface area contributed by atoms with E-state index in [4.69, 9.17) is 11.0 Å². The Hall–Kier alpha value is -2.10. The Balaban J connectivity index is 2.98. The molecule has 1 aromatic rings. The molecule has 2 unspecified atom stereocenters. The van der Waals surface area contributed by atoms with Crippen LogP contribution in [0.5, 0.6) is 0 Å². The summed E-state index contributed by atoms with van der Waals surface area (Å²) in [5.74, 6) is -0.944. The predicted octanol–water partition coefficient (Wildman–Crippen LogP) is -0.292. The van der Waals surface area contributed by atoms with Crippen LogP contribution in [0.25, 0.3) is 0 Å². The first-order valence-corrected chi connectivity index (χ1v) is 4.74. The van der Waals surface area contributed by atoms with Crippen LogP contribution < -0.4 is 5.73 Å². The summed E-state index contributed by atoms with van der Waals surface area (Å²) in [5, 5.41) is 27.8. The molecule has 0 aliphatic rings. The number of nitriles is 1. The van der Waals surface area contributed by atoms with E-state index >= 15 is 0 Å². The first-order valence-electron chi connectivity index (χ1n) is 4.74. The van der Waals surface area contributed by atoms with E-state index in [-0.39, 0.29) is 16.8 Å². The molecule has 0 spiro atoms. The van der Waals surface area contributed by atoms with Gasteiger partial charge in [0.25, 0.3) is 0 Å². The molecule has 90 valence electrons. The first kappa shape index (κ1) is 13.0. The summed E-state index contributed by atoms with van der Waals surface area (Å²) in [6.07, 6.45) is -3.13. The molecular weight excluding hydrogens is 224 g/mol. The minimum absolute atomic E-state index is 0.168. The standard InChI is InChI=1S/C11H12N2O4/c1-17-11(16)10(15)9(14)6-2-3-7(5-12)8(13)4-6/h2-4,9-10,14-15H,13H2,1H3. The SMILES string of the molecule is COC(=O)C(O)C(O)c1ccc(C#N)c(N)c1. The number of aliphatic hydroxyl groups excluding tert-OH is 2. The van der Waals surface area contributed by atoms with E-state index in [1.807, 2.05) is 6.07 Å². The molecule has 0 bridgehead atoms. The second-order valence-corrected chi connectivity index (χ2v) is 3.37. The van der Waals surface area contributed by atoms with Gasteiger partial charge in [0, 0.05) is 5.69 Å².